The van der Waals surface area contributed by atoms with Crippen molar-refractivity contribution < 1.29 is 9.53 Å². The zero-order valence-corrected chi connectivity index (χ0v) is 15.7. The van der Waals surface area contributed by atoms with Gasteiger partial charge in [-0.2, -0.15) is 9.78 Å². The van der Waals surface area contributed by atoms with E-state index in [-0.39, 0.29) is 24.2 Å². The van der Waals surface area contributed by atoms with E-state index in [1.54, 1.807) is 19.1 Å². The van der Waals surface area contributed by atoms with Gasteiger partial charge < -0.3 is 10.1 Å². The topological polar surface area (TPSA) is 78.2 Å². The van der Waals surface area contributed by atoms with Crippen LogP contribution in [0, 0.1) is 6.92 Å². The van der Waals surface area contributed by atoms with Crippen molar-refractivity contribution in [2.75, 3.05) is 13.2 Å². The van der Waals surface area contributed by atoms with Gasteiger partial charge in [0.05, 0.1) is 12.3 Å². The van der Waals surface area contributed by atoms with E-state index in [1.165, 1.54) is 14.8 Å². The molecule has 2 heterocycles. The van der Waals surface area contributed by atoms with Crippen molar-refractivity contribution >= 4 is 5.91 Å². The van der Waals surface area contributed by atoms with Gasteiger partial charge in [0.2, 0.25) is 5.91 Å². The average molecular weight is 378 g/mol. The second kappa shape index (κ2) is 7.82. The zero-order valence-electron chi connectivity index (χ0n) is 15.7. The number of carbonyl (C=O) groups excluding carboxylic acids is 1. The van der Waals surface area contributed by atoms with Gasteiger partial charge in [0.1, 0.15) is 18.5 Å². The van der Waals surface area contributed by atoms with Crippen molar-refractivity contribution in [1.82, 2.24) is 19.7 Å². The van der Waals surface area contributed by atoms with Crippen LogP contribution in [-0.4, -0.2) is 33.4 Å². The highest BCUT2D eigenvalue weighted by Gasteiger charge is 2.21. The lowest BCUT2D eigenvalue weighted by Crippen LogP contribution is -2.36. The van der Waals surface area contributed by atoms with E-state index < -0.39 is 0 Å². The van der Waals surface area contributed by atoms with Crippen molar-refractivity contribution in [2.24, 2.45) is 0 Å². The molecule has 1 amide bonds. The van der Waals surface area contributed by atoms with Crippen molar-refractivity contribution in [3.63, 3.8) is 0 Å². The molecule has 1 aliphatic heterocycles. The maximum Gasteiger partial charge on any atom is 0.351 e. The minimum atomic E-state index is -0.335. The van der Waals surface area contributed by atoms with E-state index in [0.29, 0.717) is 24.7 Å². The minimum Gasteiger partial charge on any atom is -0.371 e. The van der Waals surface area contributed by atoms with Gasteiger partial charge in [-0.05, 0) is 36.6 Å². The Morgan fingerprint density at radius 3 is 2.75 bits per heavy atom. The lowest BCUT2D eigenvalue weighted by atomic mass is 9.97. The molecular formula is C21H22N4O3. The molecule has 1 atom stereocenters. The van der Waals surface area contributed by atoms with Gasteiger partial charge in [-0.25, -0.2) is 4.79 Å². The SMILES string of the molecule is Cc1nn(-c2ccccc2)c(=O)n1CC(=O)NC[C@@H]1OCCc2ccccc21. The molecule has 0 bridgehead atoms. The zero-order chi connectivity index (χ0) is 19.5. The summed E-state index contributed by atoms with van der Waals surface area (Å²) in [6, 6.07) is 17.3. The van der Waals surface area contributed by atoms with Crippen LogP contribution in [0.25, 0.3) is 5.69 Å². The number of carbonyl (C=O) groups is 1. The molecule has 28 heavy (non-hydrogen) atoms. The van der Waals surface area contributed by atoms with Gasteiger partial charge in [0.25, 0.3) is 0 Å². The van der Waals surface area contributed by atoms with E-state index in [4.69, 9.17) is 4.74 Å². The Balaban J connectivity index is 1.44. The van der Waals surface area contributed by atoms with Gasteiger partial charge >= 0.3 is 5.69 Å². The summed E-state index contributed by atoms with van der Waals surface area (Å²) in [7, 11) is 0. The highest BCUT2D eigenvalue weighted by Crippen LogP contribution is 2.26. The van der Waals surface area contributed by atoms with Crippen LogP contribution in [-0.2, 0) is 22.5 Å². The first-order valence-corrected chi connectivity index (χ1v) is 9.31. The molecule has 1 aliphatic rings. The summed E-state index contributed by atoms with van der Waals surface area (Å²) in [5.41, 5.74) is 2.70. The fourth-order valence-corrected chi connectivity index (χ4v) is 3.47. The van der Waals surface area contributed by atoms with E-state index >= 15 is 0 Å². The molecule has 0 saturated carbocycles. The summed E-state index contributed by atoms with van der Waals surface area (Å²) >= 11 is 0. The predicted molar refractivity (Wildman–Crippen MR) is 104 cm³/mol. The Kier molecular flexibility index (Phi) is 5.08. The van der Waals surface area contributed by atoms with E-state index in [9.17, 15) is 9.59 Å². The van der Waals surface area contributed by atoms with E-state index in [0.717, 1.165) is 12.0 Å². The number of hydrogen-bond donors (Lipinski definition) is 1. The third-order valence-corrected chi connectivity index (χ3v) is 4.93. The number of benzene rings is 2. The lowest BCUT2D eigenvalue weighted by Gasteiger charge is -2.26. The molecule has 0 fully saturated rings. The smallest absolute Gasteiger partial charge is 0.351 e. The predicted octanol–water partition coefficient (Wildman–Crippen LogP) is 1.77. The standard InChI is InChI=1S/C21H22N4O3/c1-15-23-25(17-8-3-2-4-9-17)21(27)24(15)14-20(26)22-13-19-18-10-6-5-7-16(18)11-12-28-19/h2-10,19H,11-14H2,1H3,(H,22,26)/t19-/m0/s1. The number of ether oxygens (including phenoxy) is 1. The molecule has 1 aromatic heterocycles. The number of nitrogens with one attached hydrogen (secondary N) is 1. The van der Waals surface area contributed by atoms with Gasteiger partial charge in [-0.1, -0.05) is 42.5 Å². The molecule has 3 aromatic rings. The molecule has 4 rings (SSSR count). The molecule has 0 radical (unpaired) electrons. The summed E-state index contributed by atoms with van der Waals surface area (Å²) in [6.07, 6.45) is 0.715. The van der Waals surface area contributed by atoms with Crippen LogP contribution in [0.5, 0.6) is 0 Å². The Morgan fingerprint density at radius 2 is 1.93 bits per heavy atom. The highest BCUT2D eigenvalue weighted by molar-refractivity contribution is 5.75. The first-order valence-electron chi connectivity index (χ1n) is 9.31. The average Bonchev–Trinajstić information content (AvgIpc) is 3.01. The molecule has 0 unspecified atom stereocenters. The maximum absolute atomic E-state index is 12.7. The van der Waals surface area contributed by atoms with Crippen molar-refractivity contribution in [2.45, 2.75) is 26.0 Å². The minimum absolute atomic E-state index is 0.0775. The Bertz CT molecular complexity index is 1040. The number of amides is 1. The summed E-state index contributed by atoms with van der Waals surface area (Å²) in [4.78, 5) is 25.1. The van der Waals surface area contributed by atoms with Gasteiger partial charge in [0.15, 0.2) is 0 Å². The van der Waals surface area contributed by atoms with Gasteiger partial charge in [-0.3, -0.25) is 9.36 Å². The van der Waals surface area contributed by atoms with Crippen LogP contribution in [0.1, 0.15) is 23.1 Å². The number of para-hydroxylation sites is 1. The van der Waals surface area contributed by atoms with Crippen LogP contribution in [0.3, 0.4) is 0 Å². The molecule has 0 aliphatic carbocycles. The molecule has 0 saturated heterocycles. The molecule has 2 aromatic carbocycles. The molecule has 7 nitrogen and oxygen atoms in total. The monoisotopic (exact) mass is 378 g/mol. The fourth-order valence-electron chi connectivity index (χ4n) is 3.47. The first-order chi connectivity index (χ1) is 13.6. The van der Waals surface area contributed by atoms with Gasteiger partial charge in [0, 0.05) is 6.54 Å². The summed E-state index contributed by atoms with van der Waals surface area (Å²) in [6.45, 7) is 2.65. The van der Waals surface area contributed by atoms with Crippen molar-refractivity contribution in [1.29, 1.82) is 0 Å². The molecule has 0 spiro atoms. The van der Waals surface area contributed by atoms with Crippen LogP contribution in [0.2, 0.25) is 0 Å². The Morgan fingerprint density at radius 1 is 1.18 bits per heavy atom. The number of aromatic nitrogens is 3. The van der Waals surface area contributed by atoms with Crippen molar-refractivity contribution in [3.8, 4) is 5.69 Å². The molecule has 7 heteroatoms. The number of nitrogens with zero attached hydrogens (tertiary/aromatic N) is 3. The molecular weight excluding hydrogens is 356 g/mol. The number of rotatable bonds is 5. The largest absolute Gasteiger partial charge is 0.371 e. The lowest BCUT2D eigenvalue weighted by molar-refractivity contribution is -0.122. The number of hydrogen-bond acceptors (Lipinski definition) is 4. The van der Waals surface area contributed by atoms with Crippen molar-refractivity contribution in [3.05, 3.63) is 82.0 Å². The second-order valence-corrected chi connectivity index (χ2v) is 6.78. The Hall–Kier alpha value is -3.19. The molecule has 1 N–H and O–H groups in total. The molecule has 144 valence electrons. The number of aryl methyl sites for hydroxylation is 1. The summed E-state index contributed by atoms with van der Waals surface area (Å²) < 4.78 is 8.50. The van der Waals surface area contributed by atoms with Crippen LogP contribution >= 0.6 is 0 Å². The second-order valence-electron chi connectivity index (χ2n) is 6.78. The third-order valence-electron chi connectivity index (χ3n) is 4.93. The van der Waals surface area contributed by atoms with E-state index in [2.05, 4.69) is 16.5 Å². The van der Waals surface area contributed by atoms with Crippen LogP contribution in [0.4, 0.5) is 0 Å². The maximum atomic E-state index is 12.7. The van der Waals surface area contributed by atoms with Crippen LogP contribution < -0.4 is 11.0 Å². The summed E-state index contributed by atoms with van der Waals surface area (Å²) in [5, 5.41) is 7.16. The van der Waals surface area contributed by atoms with Crippen LogP contribution in [0.15, 0.2) is 59.4 Å². The fraction of sp³-hybridized carbons (Fsp3) is 0.286. The number of fused-ring (bicyclic) bond motifs is 1. The third kappa shape index (κ3) is 3.61. The summed E-state index contributed by atoms with van der Waals surface area (Å²) in [5.74, 6) is 0.243. The normalized spacial score (nSPS) is 15.8. The quantitative estimate of drug-likeness (QED) is 0.734. The highest BCUT2D eigenvalue weighted by atomic mass is 16.5. The Labute approximate surface area is 162 Å². The van der Waals surface area contributed by atoms with E-state index in [1.807, 2.05) is 36.4 Å². The first kappa shape index (κ1) is 18.2. The van der Waals surface area contributed by atoms with Gasteiger partial charge in [-0.15, -0.1) is 0 Å².